The highest BCUT2D eigenvalue weighted by Crippen LogP contribution is 2.41. The van der Waals surface area contributed by atoms with Crippen LogP contribution in [0.15, 0.2) is 53.4 Å². The average molecular weight is 396 g/mol. The second kappa shape index (κ2) is 7.17. The molecule has 146 valence electrons. The van der Waals surface area contributed by atoms with Gasteiger partial charge in [-0.3, -0.25) is 9.59 Å². The zero-order chi connectivity index (χ0) is 19.9. The second-order valence-corrected chi connectivity index (χ2v) is 8.88. The molecule has 2 aromatic rings. The zero-order valence-corrected chi connectivity index (χ0v) is 17.3. The molecule has 1 heterocycles. The number of fused-ring (bicyclic) bond motifs is 1. The van der Waals surface area contributed by atoms with Crippen molar-refractivity contribution < 1.29 is 9.59 Å². The first-order valence-corrected chi connectivity index (χ1v) is 10.5. The Labute approximate surface area is 170 Å². The van der Waals surface area contributed by atoms with Crippen LogP contribution < -0.4 is 10.2 Å². The van der Waals surface area contributed by atoms with Crippen molar-refractivity contribution in [3.63, 3.8) is 0 Å². The molecule has 2 aliphatic rings. The molecule has 4 rings (SSSR count). The highest BCUT2D eigenvalue weighted by molar-refractivity contribution is 7.99. The minimum atomic E-state index is -0.901. The first kappa shape index (κ1) is 18.9. The maximum absolute atomic E-state index is 13.4. The number of amides is 2. The molecular weight excluding hydrogens is 370 g/mol. The first-order valence-electron chi connectivity index (χ1n) is 9.54. The molecule has 6 heteroatoms. The standard InChI is InChI=1S/C22H25N3O2S/c1-22(21(27)23-15-8-10-16(11-9-15)24(2)3)14-28-19-7-5-4-6-18(19)20(26)25(22)17-12-13-17/h4-11,17H,12-14H2,1-3H3,(H,23,27). The number of nitrogens with one attached hydrogen (secondary N) is 1. The van der Waals surface area contributed by atoms with Crippen LogP contribution in [0.25, 0.3) is 0 Å². The number of rotatable bonds is 4. The third-order valence-corrected chi connectivity index (χ3v) is 6.79. The summed E-state index contributed by atoms with van der Waals surface area (Å²) in [6.45, 7) is 1.89. The number of carbonyl (C=O) groups excluding carboxylic acids is 2. The van der Waals surface area contributed by atoms with E-state index in [1.807, 2.05) is 79.3 Å². The van der Waals surface area contributed by atoms with Gasteiger partial charge < -0.3 is 15.1 Å². The Morgan fingerprint density at radius 3 is 2.46 bits per heavy atom. The highest BCUT2D eigenvalue weighted by atomic mass is 32.2. The molecule has 5 nitrogen and oxygen atoms in total. The van der Waals surface area contributed by atoms with E-state index in [1.54, 1.807) is 11.8 Å². The monoisotopic (exact) mass is 395 g/mol. The third-order valence-electron chi connectivity index (χ3n) is 5.42. The number of thioether (sulfide) groups is 1. The van der Waals surface area contributed by atoms with Crippen molar-refractivity contribution in [2.75, 3.05) is 30.1 Å². The molecule has 1 unspecified atom stereocenters. The van der Waals surface area contributed by atoms with Gasteiger partial charge in [-0.25, -0.2) is 0 Å². The van der Waals surface area contributed by atoms with Crippen LogP contribution in [-0.2, 0) is 4.79 Å². The molecular formula is C22H25N3O2S. The first-order chi connectivity index (χ1) is 13.4. The van der Waals surface area contributed by atoms with Gasteiger partial charge in [0.2, 0.25) is 0 Å². The van der Waals surface area contributed by atoms with Gasteiger partial charge in [0.25, 0.3) is 11.8 Å². The van der Waals surface area contributed by atoms with Crippen molar-refractivity contribution in [2.24, 2.45) is 0 Å². The van der Waals surface area contributed by atoms with E-state index in [0.717, 1.165) is 29.1 Å². The summed E-state index contributed by atoms with van der Waals surface area (Å²) in [7, 11) is 3.96. The van der Waals surface area contributed by atoms with Gasteiger partial charge in [0.15, 0.2) is 0 Å². The lowest BCUT2D eigenvalue weighted by Gasteiger charge is -2.38. The van der Waals surface area contributed by atoms with Gasteiger partial charge in [0.1, 0.15) is 5.54 Å². The molecule has 28 heavy (non-hydrogen) atoms. The summed E-state index contributed by atoms with van der Waals surface area (Å²) in [5.41, 5.74) is 1.61. The number of anilines is 2. The summed E-state index contributed by atoms with van der Waals surface area (Å²) >= 11 is 1.58. The van der Waals surface area contributed by atoms with Gasteiger partial charge in [-0.1, -0.05) is 12.1 Å². The summed E-state index contributed by atoms with van der Waals surface area (Å²) in [4.78, 5) is 31.5. The maximum atomic E-state index is 13.4. The molecule has 0 saturated heterocycles. The van der Waals surface area contributed by atoms with Crippen molar-refractivity contribution in [2.45, 2.75) is 36.2 Å². The van der Waals surface area contributed by atoms with E-state index < -0.39 is 5.54 Å². The smallest absolute Gasteiger partial charge is 0.256 e. The predicted molar refractivity (Wildman–Crippen MR) is 114 cm³/mol. The number of benzene rings is 2. The Morgan fingerprint density at radius 1 is 1.14 bits per heavy atom. The SMILES string of the molecule is CN(C)c1ccc(NC(=O)C2(C)CSc3ccccc3C(=O)N2C2CC2)cc1. The summed E-state index contributed by atoms with van der Waals surface area (Å²) in [5.74, 6) is 0.364. The van der Waals surface area contributed by atoms with Crippen LogP contribution in [0.2, 0.25) is 0 Å². The van der Waals surface area contributed by atoms with E-state index >= 15 is 0 Å². The Bertz CT molecular complexity index is 908. The zero-order valence-electron chi connectivity index (χ0n) is 16.4. The maximum Gasteiger partial charge on any atom is 0.256 e. The van der Waals surface area contributed by atoms with Gasteiger partial charge in [-0.2, -0.15) is 0 Å². The fraction of sp³-hybridized carbons (Fsp3) is 0.364. The molecule has 2 aromatic carbocycles. The Hall–Kier alpha value is -2.47. The normalized spacial score (nSPS) is 21.7. The molecule has 1 fully saturated rings. The van der Waals surface area contributed by atoms with Crippen LogP contribution in [0.3, 0.4) is 0 Å². The number of hydrogen-bond acceptors (Lipinski definition) is 4. The van der Waals surface area contributed by atoms with Gasteiger partial charge in [-0.05, 0) is 56.2 Å². The van der Waals surface area contributed by atoms with Gasteiger partial charge in [-0.15, -0.1) is 11.8 Å². The fourth-order valence-corrected chi connectivity index (χ4v) is 4.79. The van der Waals surface area contributed by atoms with Crippen LogP contribution in [-0.4, -0.2) is 48.1 Å². The van der Waals surface area contributed by atoms with E-state index in [1.165, 1.54) is 0 Å². The Morgan fingerprint density at radius 2 is 1.82 bits per heavy atom. The molecule has 1 aliphatic carbocycles. The minimum Gasteiger partial charge on any atom is -0.378 e. The summed E-state index contributed by atoms with van der Waals surface area (Å²) in [6, 6.07) is 15.5. The molecule has 1 atom stereocenters. The van der Waals surface area contributed by atoms with Crippen molar-refractivity contribution in [1.29, 1.82) is 0 Å². The molecule has 0 aromatic heterocycles. The fourth-order valence-electron chi connectivity index (χ4n) is 3.60. The van der Waals surface area contributed by atoms with Crippen LogP contribution >= 0.6 is 11.8 Å². The van der Waals surface area contributed by atoms with Crippen molar-refractivity contribution in [1.82, 2.24) is 4.90 Å². The van der Waals surface area contributed by atoms with Crippen molar-refractivity contribution in [3.8, 4) is 0 Å². The van der Waals surface area contributed by atoms with E-state index in [0.29, 0.717) is 11.3 Å². The summed E-state index contributed by atoms with van der Waals surface area (Å²) in [6.07, 6.45) is 1.91. The van der Waals surface area contributed by atoms with Gasteiger partial charge in [0, 0.05) is 42.2 Å². The van der Waals surface area contributed by atoms with Gasteiger partial charge in [0.05, 0.1) is 5.56 Å². The molecule has 0 bridgehead atoms. The van der Waals surface area contributed by atoms with Crippen LogP contribution in [0, 0.1) is 0 Å². The lowest BCUT2D eigenvalue weighted by molar-refractivity contribution is -0.125. The van der Waals surface area contributed by atoms with E-state index in [4.69, 9.17) is 0 Å². The predicted octanol–water partition coefficient (Wildman–Crippen LogP) is 3.86. The number of nitrogens with zero attached hydrogens (tertiary/aromatic N) is 2. The van der Waals surface area contributed by atoms with Crippen LogP contribution in [0.4, 0.5) is 11.4 Å². The van der Waals surface area contributed by atoms with Crippen molar-refractivity contribution in [3.05, 3.63) is 54.1 Å². The average Bonchev–Trinajstić information content (AvgIpc) is 3.52. The van der Waals surface area contributed by atoms with Crippen LogP contribution in [0.1, 0.15) is 30.1 Å². The summed E-state index contributed by atoms with van der Waals surface area (Å²) in [5, 5.41) is 3.04. The Kier molecular flexibility index (Phi) is 4.83. The van der Waals surface area contributed by atoms with E-state index in [9.17, 15) is 9.59 Å². The van der Waals surface area contributed by atoms with E-state index in [2.05, 4.69) is 5.32 Å². The van der Waals surface area contributed by atoms with Crippen molar-refractivity contribution >= 4 is 35.0 Å². The molecule has 0 spiro atoms. The second-order valence-electron chi connectivity index (χ2n) is 7.86. The van der Waals surface area contributed by atoms with Crippen LogP contribution in [0.5, 0.6) is 0 Å². The molecule has 1 N–H and O–H groups in total. The number of carbonyl (C=O) groups is 2. The van der Waals surface area contributed by atoms with E-state index in [-0.39, 0.29) is 17.9 Å². The number of hydrogen-bond donors (Lipinski definition) is 1. The molecule has 1 saturated carbocycles. The lowest BCUT2D eigenvalue weighted by atomic mass is 9.98. The molecule has 1 aliphatic heterocycles. The summed E-state index contributed by atoms with van der Waals surface area (Å²) < 4.78 is 0. The topological polar surface area (TPSA) is 52.7 Å². The largest absolute Gasteiger partial charge is 0.378 e. The third kappa shape index (κ3) is 3.37. The minimum absolute atomic E-state index is 0.0382. The molecule has 2 amide bonds. The van der Waals surface area contributed by atoms with Gasteiger partial charge >= 0.3 is 0 Å². The lowest BCUT2D eigenvalue weighted by Crippen LogP contribution is -2.59. The molecule has 0 radical (unpaired) electrons. The quantitative estimate of drug-likeness (QED) is 0.854. The Balaban J connectivity index is 1.63. The highest BCUT2D eigenvalue weighted by Gasteiger charge is 2.50.